The number of anilines is 1. The van der Waals surface area contributed by atoms with Gasteiger partial charge in [0.25, 0.3) is 0 Å². The Labute approximate surface area is 135 Å². The fourth-order valence-corrected chi connectivity index (χ4v) is 2.92. The van der Waals surface area contributed by atoms with Gasteiger partial charge in [-0.3, -0.25) is 4.79 Å². The lowest BCUT2D eigenvalue weighted by Crippen LogP contribution is -2.41. The van der Waals surface area contributed by atoms with Crippen molar-refractivity contribution in [3.63, 3.8) is 0 Å². The minimum atomic E-state index is 0.153. The molecule has 1 amide bonds. The minimum absolute atomic E-state index is 0.153. The monoisotopic (exact) mass is 314 g/mol. The molecule has 1 aliphatic heterocycles. The van der Waals surface area contributed by atoms with Crippen LogP contribution in [0.2, 0.25) is 0 Å². The normalized spacial score (nSPS) is 18.0. The minimum Gasteiger partial charge on any atom is -0.376 e. The van der Waals surface area contributed by atoms with Gasteiger partial charge in [-0.2, -0.15) is 4.68 Å². The lowest BCUT2D eigenvalue weighted by Gasteiger charge is -2.31. The first-order chi connectivity index (χ1) is 11.1. The largest absolute Gasteiger partial charge is 0.376 e. The number of amides is 1. The summed E-state index contributed by atoms with van der Waals surface area (Å²) in [7, 11) is 0. The van der Waals surface area contributed by atoms with Crippen LogP contribution in [-0.2, 0) is 4.79 Å². The van der Waals surface area contributed by atoms with E-state index < -0.39 is 0 Å². The van der Waals surface area contributed by atoms with E-state index in [1.807, 2.05) is 36.1 Å². The average Bonchev–Trinajstić information content (AvgIpc) is 2.99. The summed E-state index contributed by atoms with van der Waals surface area (Å²) in [4.78, 5) is 14.3. The number of carbonyl (C=O) groups excluding carboxylic acids is 1. The van der Waals surface area contributed by atoms with Crippen molar-refractivity contribution in [3.8, 4) is 5.69 Å². The first-order valence-corrected chi connectivity index (χ1v) is 8.00. The van der Waals surface area contributed by atoms with Crippen LogP contribution in [0.5, 0.6) is 0 Å². The van der Waals surface area contributed by atoms with Gasteiger partial charge < -0.3 is 10.2 Å². The quantitative estimate of drug-likeness (QED) is 0.928. The molecular formula is C16H22N6O. The molecule has 2 aromatic rings. The van der Waals surface area contributed by atoms with E-state index in [1.54, 1.807) is 4.68 Å². The Bertz CT molecular complexity index is 683. The van der Waals surface area contributed by atoms with Crippen LogP contribution in [0.15, 0.2) is 24.3 Å². The molecule has 23 heavy (non-hydrogen) atoms. The molecule has 122 valence electrons. The van der Waals surface area contributed by atoms with Gasteiger partial charge in [-0.15, -0.1) is 5.10 Å². The van der Waals surface area contributed by atoms with Gasteiger partial charge in [0.05, 0.1) is 12.2 Å². The van der Waals surface area contributed by atoms with Gasteiger partial charge in [-0.1, -0.05) is 13.0 Å². The van der Waals surface area contributed by atoms with Crippen molar-refractivity contribution in [2.24, 2.45) is 5.92 Å². The summed E-state index contributed by atoms with van der Waals surface area (Å²) in [6.07, 6.45) is 2.31. The summed E-state index contributed by atoms with van der Waals surface area (Å²) in [5, 5.41) is 14.7. The number of hydrogen-bond donors (Lipinski definition) is 1. The second-order valence-electron chi connectivity index (χ2n) is 6.13. The SMILES string of the molecule is Cc1nnnn1-c1cccc(NCC(=O)N2CCC[C@H](C)C2)c1. The number of hydrogen-bond acceptors (Lipinski definition) is 5. The maximum Gasteiger partial charge on any atom is 0.241 e. The molecule has 2 heterocycles. The van der Waals surface area contributed by atoms with Crippen molar-refractivity contribution >= 4 is 11.6 Å². The summed E-state index contributed by atoms with van der Waals surface area (Å²) in [5.74, 6) is 1.47. The molecule has 1 aliphatic rings. The van der Waals surface area contributed by atoms with Gasteiger partial charge in [0.15, 0.2) is 5.82 Å². The lowest BCUT2D eigenvalue weighted by atomic mass is 10.0. The Morgan fingerprint density at radius 1 is 1.43 bits per heavy atom. The molecule has 1 fully saturated rings. The van der Waals surface area contributed by atoms with Crippen LogP contribution < -0.4 is 5.32 Å². The molecule has 1 aromatic carbocycles. The zero-order chi connectivity index (χ0) is 16.2. The summed E-state index contributed by atoms with van der Waals surface area (Å²) in [6, 6.07) is 7.74. The van der Waals surface area contributed by atoms with Gasteiger partial charge in [-0.05, 0) is 54.3 Å². The molecule has 0 spiro atoms. The molecule has 0 saturated carbocycles. The van der Waals surface area contributed by atoms with Crippen LogP contribution in [0.4, 0.5) is 5.69 Å². The van der Waals surface area contributed by atoms with Crippen molar-refractivity contribution in [1.29, 1.82) is 0 Å². The fraction of sp³-hybridized carbons (Fsp3) is 0.500. The molecule has 0 radical (unpaired) electrons. The number of benzene rings is 1. The zero-order valence-corrected chi connectivity index (χ0v) is 13.6. The van der Waals surface area contributed by atoms with Crippen LogP contribution in [0.1, 0.15) is 25.6 Å². The maximum absolute atomic E-state index is 12.3. The van der Waals surface area contributed by atoms with E-state index in [0.717, 1.165) is 36.7 Å². The van der Waals surface area contributed by atoms with E-state index in [4.69, 9.17) is 0 Å². The topological polar surface area (TPSA) is 75.9 Å². The second kappa shape index (κ2) is 6.76. The molecule has 3 rings (SSSR count). The van der Waals surface area contributed by atoms with E-state index >= 15 is 0 Å². The molecule has 1 aromatic heterocycles. The highest BCUT2D eigenvalue weighted by Crippen LogP contribution is 2.17. The Kier molecular flexibility index (Phi) is 4.55. The Morgan fingerprint density at radius 2 is 2.30 bits per heavy atom. The number of aromatic nitrogens is 4. The smallest absolute Gasteiger partial charge is 0.241 e. The number of tetrazole rings is 1. The molecular weight excluding hydrogens is 292 g/mol. The predicted molar refractivity (Wildman–Crippen MR) is 87.4 cm³/mol. The molecule has 1 N–H and O–H groups in total. The average molecular weight is 314 g/mol. The van der Waals surface area contributed by atoms with Gasteiger partial charge in [-0.25, -0.2) is 0 Å². The van der Waals surface area contributed by atoms with E-state index in [9.17, 15) is 4.79 Å². The van der Waals surface area contributed by atoms with Crippen LogP contribution in [0, 0.1) is 12.8 Å². The fourth-order valence-electron chi connectivity index (χ4n) is 2.92. The number of aryl methyl sites for hydroxylation is 1. The highest BCUT2D eigenvalue weighted by molar-refractivity contribution is 5.81. The van der Waals surface area contributed by atoms with Crippen molar-refractivity contribution in [2.45, 2.75) is 26.7 Å². The van der Waals surface area contributed by atoms with Crippen LogP contribution >= 0.6 is 0 Å². The number of rotatable bonds is 4. The third kappa shape index (κ3) is 3.67. The summed E-state index contributed by atoms with van der Waals surface area (Å²) < 4.78 is 1.67. The van der Waals surface area contributed by atoms with E-state index in [2.05, 4.69) is 27.8 Å². The van der Waals surface area contributed by atoms with E-state index in [0.29, 0.717) is 12.5 Å². The van der Waals surface area contributed by atoms with Gasteiger partial charge in [0, 0.05) is 18.8 Å². The summed E-state index contributed by atoms with van der Waals surface area (Å²) in [5.41, 5.74) is 1.76. The second-order valence-corrected chi connectivity index (χ2v) is 6.13. The standard InChI is InChI=1S/C16H22N6O/c1-12-5-4-8-21(11-12)16(23)10-17-14-6-3-7-15(9-14)22-13(2)18-19-20-22/h3,6-7,9,12,17H,4-5,8,10-11H2,1-2H3/t12-/m0/s1. The zero-order valence-electron chi connectivity index (χ0n) is 13.6. The maximum atomic E-state index is 12.3. The van der Waals surface area contributed by atoms with Gasteiger partial charge >= 0.3 is 0 Å². The van der Waals surface area contributed by atoms with Crippen molar-refractivity contribution < 1.29 is 4.79 Å². The third-order valence-corrected chi connectivity index (χ3v) is 4.17. The molecule has 1 atom stereocenters. The number of nitrogens with zero attached hydrogens (tertiary/aromatic N) is 5. The Hall–Kier alpha value is -2.44. The van der Waals surface area contributed by atoms with E-state index in [-0.39, 0.29) is 5.91 Å². The molecule has 1 saturated heterocycles. The van der Waals surface area contributed by atoms with Crippen molar-refractivity contribution in [1.82, 2.24) is 25.1 Å². The molecule has 0 bridgehead atoms. The van der Waals surface area contributed by atoms with Crippen LogP contribution in [0.25, 0.3) is 5.69 Å². The summed E-state index contributed by atoms with van der Waals surface area (Å²) >= 11 is 0. The van der Waals surface area contributed by atoms with Gasteiger partial charge in [0.1, 0.15) is 0 Å². The van der Waals surface area contributed by atoms with Crippen LogP contribution in [-0.4, -0.2) is 50.6 Å². The van der Waals surface area contributed by atoms with Crippen LogP contribution in [0.3, 0.4) is 0 Å². The highest BCUT2D eigenvalue weighted by Gasteiger charge is 2.20. The third-order valence-electron chi connectivity index (χ3n) is 4.17. The predicted octanol–water partition coefficient (Wildman–Crippen LogP) is 1.64. The molecule has 0 aliphatic carbocycles. The number of likely N-dealkylation sites (tertiary alicyclic amines) is 1. The molecule has 0 unspecified atom stereocenters. The summed E-state index contributed by atoms with van der Waals surface area (Å²) in [6.45, 7) is 6.09. The van der Waals surface area contributed by atoms with E-state index in [1.165, 1.54) is 6.42 Å². The molecule has 7 heteroatoms. The number of piperidine rings is 1. The Balaban J connectivity index is 1.62. The van der Waals surface area contributed by atoms with Crippen molar-refractivity contribution in [3.05, 3.63) is 30.1 Å². The Morgan fingerprint density at radius 3 is 3.04 bits per heavy atom. The first-order valence-electron chi connectivity index (χ1n) is 8.00. The van der Waals surface area contributed by atoms with Crippen molar-refractivity contribution in [2.75, 3.05) is 25.0 Å². The number of nitrogens with one attached hydrogen (secondary N) is 1. The lowest BCUT2D eigenvalue weighted by molar-refractivity contribution is -0.130. The highest BCUT2D eigenvalue weighted by atomic mass is 16.2. The first kappa shape index (κ1) is 15.5. The number of carbonyl (C=O) groups is 1. The molecule has 7 nitrogen and oxygen atoms in total. The van der Waals surface area contributed by atoms with Gasteiger partial charge in [0.2, 0.25) is 5.91 Å².